The van der Waals surface area contributed by atoms with E-state index in [9.17, 15) is 9.90 Å². The van der Waals surface area contributed by atoms with E-state index < -0.39 is 0 Å². The van der Waals surface area contributed by atoms with Gasteiger partial charge >= 0.3 is 0 Å². The fourth-order valence-electron chi connectivity index (χ4n) is 3.20. The van der Waals surface area contributed by atoms with E-state index in [-0.39, 0.29) is 11.3 Å². The zero-order valence-electron chi connectivity index (χ0n) is 16.3. The van der Waals surface area contributed by atoms with Crippen molar-refractivity contribution in [3.05, 3.63) is 94.5 Å². The molecule has 1 aromatic heterocycles. The Labute approximate surface area is 168 Å². The highest BCUT2D eigenvalue weighted by molar-refractivity contribution is 5.80. The van der Waals surface area contributed by atoms with Gasteiger partial charge in [-0.25, -0.2) is 4.98 Å². The first-order valence-electron chi connectivity index (χ1n) is 9.29. The molecular formula is C24H21N3O2. The summed E-state index contributed by atoms with van der Waals surface area (Å²) < 4.78 is 1.52. The van der Waals surface area contributed by atoms with Crippen molar-refractivity contribution in [3.8, 4) is 11.4 Å². The Hall–Kier alpha value is -3.86. The van der Waals surface area contributed by atoms with Crippen LogP contribution in [0.2, 0.25) is 0 Å². The van der Waals surface area contributed by atoms with Crippen molar-refractivity contribution in [1.29, 1.82) is 0 Å². The lowest BCUT2D eigenvalue weighted by Crippen LogP contribution is -2.22. The van der Waals surface area contributed by atoms with Crippen LogP contribution >= 0.6 is 0 Å². The van der Waals surface area contributed by atoms with Crippen LogP contribution in [0.1, 0.15) is 11.4 Å². The van der Waals surface area contributed by atoms with Gasteiger partial charge in [0.1, 0.15) is 11.6 Å². The number of rotatable bonds is 4. The fraction of sp³-hybridized carbons (Fsp3) is 0.0833. The molecule has 0 radical (unpaired) electrons. The maximum atomic E-state index is 13.2. The van der Waals surface area contributed by atoms with Crippen molar-refractivity contribution in [1.82, 2.24) is 9.55 Å². The molecule has 144 valence electrons. The lowest BCUT2D eigenvalue weighted by atomic mass is 10.1. The Morgan fingerprint density at radius 2 is 1.69 bits per heavy atom. The molecule has 0 aliphatic carbocycles. The van der Waals surface area contributed by atoms with Gasteiger partial charge in [0.2, 0.25) is 0 Å². The number of hydrogen-bond acceptors (Lipinski definition) is 4. The summed E-state index contributed by atoms with van der Waals surface area (Å²) >= 11 is 0. The van der Waals surface area contributed by atoms with Gasteiger partial charge < -0.3 is 10.0 Å². The Morgan fingerprint density at radius 3 is 2.41 bits per heavy atom. The van der Waals surface area contributed by atoms with E-state index in [1.807, 2.05) is 73.6 Å². The maximum absolute atomic E-state index is 13.2. The number of para-hydroxylation sites is 1. The van der Waals surface area contributed by atoms with Crippen LogP contribution in [-0.2, 0) is 0 Å². The van der Waals surface area contributed by atoms with Crippen molar-refractivity contribution in [2.45, 2.75) is 0 Å². The molecule has 5 nitrogen and oxygen atoms in total. The second-order valence-electron chi connectivity index (χ2n) is 6.97. The van der Waals surface area contributed by atoms with E-state index in [0.29, 0.717) is 22.4 Å². The minimum absolute atomic E-state index is 0.0942. The number of nitrogens with zero attached hydrogens (tertiary/aromatic N) is 3. The van der Waals surface area contributed by atoms with Crippen LogP contribution in [0.25, 0.3) is 28.7 Å². The third-order valence-corrected chi connectivity index (χ3v) is 4.72. The molecule has 0 aliphatic heterocycles. The molecule has 4 aromatic rings. The third kappa shape index (κ3) is 3.75. The van der Waals surface area contributed by atoms with Crippen molar-refractivity contribution in [3.63, 3.8) is 0 Å². The Morgan fingerprint density at radius 1 is 0.931 bits per heavy atom. The van der Waals surface area contributed by atoms with Gasteiger partial charge in [0.15, 0.2) is 0 Å². The van der Waals surface area contributed by atoms with Crippen LogP contribution in [0.4, 0.5) is 5.69 Å². The van der Waals surface area contributed by atoms with Crippen LogP contribution in [-0.4, -0.2) is 28.8 Å². The molecule has 0 saturated carbocycles. The Bertz CT molecular complexity index is 1260. The number of phenols is 1. The van der Waals surface area contributed by atoms with Crippen molar-refractivity contribution < 1.29 is 5.11 Å². The first-order chi connectivity index (χ1) is 14.0. The van der Waals surface area contributed by atoms with Crippen LogP contribution in [0.3, 0.4) is 0 Å². The van der Waals surface area contributed by atoms with E-state index in [0.717, 1.165) is 11.3 Å². The average molecular weight is 383 g/mol. The lowest BCUT2D eigenvalue weighted by Gasteiger charge is -2.12. The van der Waals surface area contributed by atoms with E-state index in [1.54, 1.807) is 30.3 Å². The highest BCUT2D eigenvalue weighted by Gasteiger charge is 2.11. The standard InChI is InChI=1S/C24H21N3O2/c1-26(2)18-13-10-17(11-14-18)12-15-23-25-22-9-4-3-8-21(22)24(29)27(23)19-6-5-7-20(28)16-19/h3-16,28H,1-2H3/b15-12+. The number of hydrogen-bond donors (Lipinski definition) is 1. The number of aromatic nitrogens is 2. The first-order valence-corrected chi connectivity index (χ1v) is 9.29. The summed E-state index contributed by atoms with van der Waals surface area (Å²) in [4.78, 5) is 19.9. The highest BCUT2D eigenvalue weighted by atomic mass is 16.3. The molecule has 3 aromatic carbocycles. The van der Waals surface area contributed by atoms with Crippen LogP contribution in [0, 0.1) is 0 Å². The number of benzene rings is 3. The van der Waals surface area contributed by atoms with Gasteiger partial charge in [-0.2, -0.15) is 0 Å². The molecule has 0 saturated heterocycles. The van der Waals surface area contributed by atoms with Gasteiger partial charge in [-0.15, -0.1) is 0 Å². The fourth-order valence-corrected chi connectivity index (χ4v) is 3.20. The molecule has 0 fully saturated rings. The predicted octanol–water partition coefficient (Wildman–Crippen LogP) is 4.33. The number of phenolic OH excluding ortho intramolecular Hbond substituents is 1. The maximum Gasteiger partial charge on any atom is 0.266 e. The summed E-state index contributed by atoms with van der Waals surface area (Å²) in [5.74, 6) is 0.591. The number of aromatic hydroxyl groups is 1. The zero-order valence-corrected chi connectivity index (χ0v) is 16.3. The van der Waals surface area contributed by atoms with Gasteiger partial charge in [0.05, 0.1) is 16.6 Å². The molecule has 0 unspecified atom stereocenters. The third-order valence-electron chi connectivity index (χ3n) is 4.72. The van der Waals surface area contributed by atoms with Gasteiger partial charge in [0, 0.05) is 25.8 Å². The topological polar surface area (TPSA) is 58.4 Å². The minimum Gasteiger partial charge on any atom is -0.508 e. The van der Waals surface area contributed by atoms with Crippen LogP contribution < -0.4 is 10.5 Å². The average Bonchev–Trinajstić information content (AvgIpc) is 2.72. The molecule has 0 atom stereocenters. The highest BCUT2D eigenvalue weighted by Crippen LogP contribution is 2.19. The second kappa shape index (κ2) is 7.64. The second-order valence-corrected chi connectivity index (χ2v) is 6.97. The quantitative estimate of drug-likeness (QED) is 0.570. The molecule has 0 amide bonds. The van der Waals surface area contributed by atoms with Crippen molar-refractivity contribution in [2.75, 3.05) is 19.0 Å². The first kappa shape index (κ1) is 18.5. The summed E-state index contributed by atoms with van der Waals surface area (Å²) in [6.45, 7) is 0. The Balaban J connectivity index is 1.86. The molecular weight excluding hydrogens is 362 g/mol. The molecule has 0 bridgehead atoms. The molecule has 4 rings (SSSR count). The molecule has 1 N–H and O–H groups in total. The Kier molecular flexibility index (Phi) is 4.87. The summed E-state index contributed by atoms with van der Waals surface area (Å²) in [6.07, 6.45) is 3.75. The summed E-state index contributed by atoms with van der Waals surface area (Å²) in [5.41, 5.74) is 3.14. The van der Waals surface area contributed by atoms with Gasteiger partial charge in [0.25, 0.3) is 5.56 Å². The summed E-state index contributed by atoms with van der Waals surface area (Å²) in [6, 6.07) is 22.0. The van der Waals surface area contributed by atoms with Gasteiger partial charge in [-0.1, -0.05) is 36.4 Å². The van der Waals surface area contributed by atoms with Crippen molar-refractivity contribution in [2.24, 2.45) is 0 Å². The zero-order chi connectivity index (χ0) is 20.4. The molecule has 1 heterocycles. The smallest absolute Gasteiger partial charge is 0.266 e. The van der Waals surface area contributed by atoms with Crippen LogP contribution in [0.15, 0.2) is 77.6 Å². The van der Waals surface area contributed by atoms with E-state index in [4.69, 9.17) is 0 Å². The minimum atomic E-state index is -0.177. The molecule has 0 aliphatic rings. The van der Waals surface area contributed by atoms with Crippen molar-refractivity contribution >= 4 is 28.7 Å². The summed E-state index contributed by atoms with van der Waals surface area (Å²) in [5, 5.41) is 10.4. The van der Waals surface area contributed by atoms with E-state index in [1.165, 1.54) is 4.57 Å². The largest absolute Gasteiger partial charge is 0.508 e. The predicted molar refractivity (Wildman–Crippen MR) is 119 cm³/mol. The lowest BCUT2D eigenvalue weighted by molar-refractivity contribution is 0.475. The SMILES string of the molecule is CN(C)c1ccc(/C=C/c2nc3ccccc3c(=O)n2-c2cccc(O)c2)cc1. The molecule has 0 spiro atoms. The molecule has 5 heteroatoms. The van der Waals surface area contributed by atoms with Crippen LogP contribution in [0.5, 0.6) is 5.75 Å². The summed E-state index contributed by atoms with van der Waals surface area (Å²) in [7, 11) is 4.00. The number of anilines is 1. The van der Waals surface area contributed by atoms with E-state index >= 15 is 0 Å². The van der Waals surface area contributed by atoms with E-state index in [2.05, 4.69) is 4.98 Å². The number of fused-ring (bicyclic) bond motifs is 1. The van der Waals surface area contributed by atoms with Gasteiger partial charge in [-0.3, -0.25) is 9.36 Å². The van der Waals surface area contributed by atoms with Gasteiger partial charge in [-0.05, 0) is 48.0 Å². The monoisotopic (exact) mass is 383 g/mol. The molecule has 29 heavy (non-hydrogen) atoms. The normalized spacial score (nSPS) is 11.2.